The van der Waals surface area contributed by atoms with E-state index in [2.05, 4.69) is 10.3 Å². The molecular weight excluding hydrogens is 636 g/mol. The van der Waals surface area contributed by atoms with Crippen molar-refractivity contribution in [3.63, 3.8) is 0 Å². The first-order chi connectivity index (χ1) is 22.0. The van der Waals surface area contributed by atoms with Crippen LogP contribution in [0.15, 0.2) is 96.0 Å². The molecule has 5 aromatic rings. The normalized spacial score (nSPS) is 11.9. The molecule has 0 aliphatic rings. The molecule has 8 nitrogen and oxygen atoms in total. The van der Waals surface area contributed by atoms with Crippen LogP contribution in [0.4, 0.5) is 8.78 Å². The van der Waals surface area contributed by atoms with Crippen LogP contribution in [0.5, 0.6) is 0 Å². The molecule has 12 heteroatoms. The summed E-state index contributed by atoms with van der Waals surface area (Å²) in [6.07, 6.45) is 1.45. The van der Waals surface area contributed by atoms with Crippen molar-refractivity contribution in [1.29, 1.82) is 5.26 Å². The summed E-state index contributed by atoms with van der Waals surface area (Å²) in [6, 6.07) is 21.4. The van der Waals surface area contributed by atoms with Gasteiger partial charge in [-0.05, 0) is 53.6 Å². The van der Waals surface area contributed by atoms with Gasteiger partial charge in [-0.1, -0.05) is 54.1 Å². The lowest BCUT2D eigenvalue weighted by molar-refractivity contribution is -0.142. The van der Waals surface area contributed by atoms with E-state index in [1.165, 1.54) is 30.3 Å². The van der Waals surface area contributed by atoms with Crippen molar-refractivity contribution < 1.29 is 31.5 Å². The Morgan fingerprint density at radius 2 is 1.67 bits per heavy atom. The van der Waals surface area contributed by atoms with Crippen molar-refractivity contribution in [2.75, 3.05) is 7.11 Å². The predicted octanol–water partition coefficient (Wildman–Crippen LogP) is 6.19. The maximum Gasteiger partial charge on any atom is 0.328 e. The van der Waals surface area contributed by atoms with Crippen LogP contribution in [-0.2, 0) is 31.5 Å². The summed E-state index contributed by atoms with van der Waals surface area (Å²) >= 11 is 6.46. The van der Waals surface area contributed by atoms with Crippen LogP contribution in [0, 0.1) is 23.0 Å². The number of hydrogen-bond donors (Lipinski definition) is 1. The van der Waals surface area contributed by atoms with Crippen LogP contribution in [-0.4, -0.2) is 38.4 Å². The molecule has 46 heavy (non-hydrogen) atoms. The molecule has 1 amide bonds. The number of halogens is 3. The smallest absolute Gasteiger partial charge is 0.328 e. The fourth-order valence-electron chi connectivity index (χ4n) is 5.07. The number of ether oxygens (including phenoxy) is 1. The lowest BCUT2D eigenvalue weighted by Gasteiger charge is -2.19. The third-order valence-electron chi connectivity index (χ3n) is 7.25. The van der Waals surface area contributed by atoms with Gasteiger partial charge in [-0.15, -0.1) is 0 Å². The Labute approximate surface area is 268 Å². The number of nitrogens with one attached hydrogen (secondary N) is 1. The van der Waals surface area contributed by atoms with Crippen molar-refractivity contribution in [1.82, 2.24) is 10.3 Å². The van der Waals surface area contributed by atoms with Crippen LogP contribution in [0.1, 0.15) is 27.0 Å². The van der Waals surface area contributed by atoms with E-state index < -0.39 is 50.7 Å². The molecule has 0 aliphatic heterocycles. The predicted molar refractivity (Wildman–Crippen MR) is 168 cm³/mol. The van der Waals surface area contributed by atoms with E-state index in [1.54, 1.807) is 48.7 Å². The fraction of sp³-hybridized carbons (Fsp3) is 0.118. The molecule has 1 aromatic heterocycles. The molecular formula is C34H24ClF2N3O5S. The Morgan fingerprint density at radius 3 is 2.33 bits per heavy atom. The molecule has 5 rings (SSSR count). The number of rotatable bonds is 9. The van der Waals surface area contributed by atoms with E-state index in [1.807, 2.05) is 6.07 Å². The zero-order valence-corrected chi connectivity index (χ0v) is 25.7. The van der Waals surface area contributed by atoms with Gasteiger partial charge >= 0.3 is 5.97 Å². The van der Waals surface area contributed by atoms with E-state index in [9.17, 15) is 23.3 Å². The number of esters is 1. The Hall–Kier alpha value is -5.18. The number of amides is 1. The maximum atomic E-state index is 15.1. The molecule has 1 N–H and O–H groups in total. The monoisotopic (exact) mass is 659 g/mol. The maximum absolute atomic E-state index is 15.1. The van der Waals surface area contributed by atoms with Gasteiger partial charge in [-0.2, -0.15) is 5.26 Å². The lowest BCUT2D eigenvalue weighted by Crippen LogP contribution is -2.43. The molecule has 0 saturated carbocycles. The van der Waals surface area contributed by atoms with Crippen molar-refractivity contribution >= 4 is 44.2 Å². The number of hydrogen-bond acceptors (Lipinski definition) is 7. The van der Waals surface area contributed by atoms with Crippen LogP contribution >= 0.6 is 11.6 Å². The largest absolute Gasteiger partial charge is 0.467 e. The molecule has 4 aromatic carbocycles. The first-order valence-corrected chi connectivity index (χ1v) is 15.8. The molecule has 1 atom stereocenters. The summed E-state index contributed by atoms with van der Waals surface area (Å²) in [7, 11) is -2.80. The number of nitrogens with zero attached hydrogens (tertiary/aromatic N) is 2. The number of aromatic nitrogens is 1. The SMILES string of the molecule is COC(=O)[C@H](Cc1ccc(-c2ccc(C#N)cc2Cl)c2ncccc12)NC(=O)c1c(F)cc(CS(=O)(=O)c2ccccc2)cc1F. The summed E-state index contributed by atoms with van der Waals surface area (Å²) in [5.74, 6) is -5.37. The van der Waals surface area contributed by atoms with Gasteiger partial charge in [0.2, 0.25) is 0 Å². The molecule has 0 bridgehead atoms. The molecule has 1 heterocycles. The lowest BCUT2D eigenvalue weighted by atomic mass is 9.94. The summed E-state index contributed by atoms with van der Waals surface area (Å²) in [5, 5.41) is 12.5. The van der Waals surface area contributed by atoms with E-state index in [4.69, 9.17) is 16.3 Å². The van der Waals surface area contributed by atoms with E-state index in [0.717, 1.165) is 19.2 Å². The number of sulfone groups is 1. The standard InChI is InChI=1S/C34H24ClF2N3O5S/c1-45-34(42)30(17-22-10-12-26(32-24(22)8-5-13-39-32)25-11-9-20(18-38)14-27(25)35)40-33(41)31-28(36)15-21(16-29(31)37)19-46(43,44)23-6-3-2-4-7-23/h2-16,30H,17,19H2,1H3,(H,40,41)/t30-/m0/s1. The van der Waals surface area contributed by atoms with Gasteiger partial charge in [0.25, 0.3) is 5.91 Å². The molecule has 232 valence electrons. The number of benzene rings is 4. The molecule has 0 spiro atoms. The third kappa shape index (κ3) is 6.73. The van der Waals surface area contributed by atoms with Gasteiger partial charge in [0.15, 0.2) is 9.84 Å². The highest BCUT2D eigenvalue weighted by Crippen LogP contribution is 2.35. The summed E-state index contributed by atoms with van der Waals surface area (Å²) in [4.78, 5) is 30.4. The average Bonchev–Trinajstić information content (AvgIpc) is 3.04. The molecule has 0 radical (unpaired) electrons. The van der Waals surface area contributed by atoms with Gasteiger partial charge in [-0.25, -0.2) is 22.0 Å². The number of carbonyl (C=O) groups excluding carboxylic acids is 2. The quantitative estimate of drug-likeness (QED) is 0.187. The first kappa shape index (κ1) is 32.2. The second-order valence-corrected chi connectivity index (χ2v) is 12.6. The van der Waals surface area contributed by atoms with Gasteiger partial charge in [0.05, 0.1) is 34.9 Å². The molecule has 0 aliphatic carbocycles. The Balaban J connectivity index is 1.43. The number of fused-ring (bicyclic) bond motifs is 1. The van der Waals surface area contributed by atoms with Crippen molar-refractivity contribution in [2.45, 2.75) is 23.1 Å². The summed E-state index contributed by atoms with van der Waals surface area (Å²) < 4.78 is 60.6. The van der Waals surface area contributed by atoms with E-state index in [0.29, 0.717) is 38.2 Å². The number of carbonyl (C=O) groups is 2. The molecule has 0 saturated heterocycles. The third-order valence-corrected chi connectivity index (χ3v) is 9.27. The number of nitriles is 1. The minimum Gasteiger partial charge on any atom is -0.467 e. The topological polar surface area (TPSA) is 126 Å². The molecule has 0 fully saturated rings. The second-order valence-electron chi connectivity index (χ2n) is 10.2. The van der Waals surface area contributed by atoms with Gasteiger partial charge in [0, 0.05) is 34.2 Å². The van der Waals surface area contributed by atoms with Crippen LogP contribution in [0.2, 0.25) is 5.02 Å². The first-order valence-electron chi connectivity index (χ1n) is 13.7. The van der Waals surface area contributed by atoms with E-state index in [-0.39, 0.29) is 16.9 Å². The van der Waals surface area contributed by atoms with Crippen LogP contribution in [0.3, 0.4) is 0 Å². The second kappa shape index (κ2) is 13.4. The van der Waals surface area contributed by atoms with Crippen molar-refractivity contribution in [2.24, 2.45) is 0 Å². The number of pyridine rings is 1. The van der Waals surface area contributed by atoms with E-state index >= 15 is 8.78 Å². The Morgan fingerprint density at radius 1 is 0.978 bits per heavy atom. The van der Waals surface area contributed by atoms with Crippen LogP contribution in [0.25, 0.3) is 22.0 Å². The fourth-order valence-corrected chi connectivity index (χ4v) is 6.70. The highest BCUT2D eigenvalue weighted by molar-refractivity contribution is 7.90. The van der Waals surface area contributed by atoms with Gasteiger partial charge < -0.3 is 10.1 Å². The minimum atomic E-state index is -3.91. The van der Waals surface area contributed by atoms with Gasteiger partial charge in [-0.3, -0.25) is 9.78 Å². The molecule has 0 unspecified atom stereocenters. The highest BCUT2D eigenvalue weighted by Gasteiger charge is 2.28. The zero-order chi connectivity index (χ0) is 33.0. The van der Waals surface area contributed by atoms with Crippen molar-refractivity contribution in [3.8, 4) is 17.2 Å². The highest BCUT2D eigenvalue weighted by atomic mass is 35.5. The minimum absolute atomic E-state index is 0.0192. The average molecular weight is 660 g/mol. The zero-order valence-electron chi connectivity index (χ0n) is 24.1. The van der Waals surface area contributed by atoms with Gasteiger partial charge in [0.1, 0.15) is 23.2 Å². The summed E-state index contributed by atoms with van der Waals surface area (Å²) in [5.41, 5.74) is 1.59. The van der Waals surface area contributed by atoms with Crippen molar-refractivity contribution in [3.05, 3.63) is 130 Å². The van der Waals surface area contributed by atoms with Crippen LogP contribution < -0.4 is 5.32 Å². The Bertz CT molecular complexity index is 2110. The summed E-state index contributed by atoms with van der Waals surface area (Å²) in [6.45, 7) is 0. The number of methoxy groups -OCH3 is 1. The Kier molecular flexibility index (Phi) is 9.41.